The number of benzene rings is 2. The highest BCUT2D eigenvalue weighted by molar-refractivity contribution is 5.95. The predicted octanol–water partition coefficient (Wildman–Crippen LogP) is 6.08. The zero-order valence-electron chi connectivity index (χ0n) is 19.0. The van der Waals surface area contributed by atoms with E-state index in [0.717, 1.165) is 17.2 Å². The van der Waals surface area contributed by atoms with E-state index in [0.29, 0.717) is 17.0 Å². The number of hydrogen-bond acceptors (Lipinski definition) is 4. The van der Waals surface area contributed by atoms with Gasteiger partial charge in [-0.2, -0.15) is 18.3 Å². The summed E-state index contributed by atoms with van der Waals surface area (Å²) < 4.78 is 42.0. The maximum absolute atomic E-state index is 13.5. The molecule has 176 valence electrons. The van der Waals surface area contributed by atoms with Crippen molar-refractivity contribution in [3.8, 4) is 28.3 Å². The fourth-order valence-electron chi connectivity index (χ4n) is 3.44. The van der Waals surface area contributed by atoms with Crippen LogP contribution in [-0.4, -0.2) is 25.6 Å². The van der Waals surface area contributed by atoms with Crippen molar-refractivity contribution < 1.29 is 23.1 Å². The van der Waals surface area contributed by atoms with E-state index in [1.165, 1.54) is 22.7 Å². The van der Waals surface area contributed by atoms with Crippen molar-refractivity contribution in [2.45, 2.75) is 33.9 Å². The van der Waals surface area contributed by atoms with E-state index in [1.807, 2.05) is 39.8 Å². The Morgan fingerprint density at radius 1 is 1.03 bits per heavy atom. The number of nitrogens with one attached hydrogen (secondary N) is 1. The Balaban J connectivity index is 1.75. The third-order valence-corrected chi connectivity index (χ3v) is 5.38. The molecule has 4 aromatic rings. The number of halogens is 3. The van der Waals surface area contributed by atoms with Gasteiger partial charge in [0, 0.05) is 22.2 Å². The maximum atomic E-state index is 13.5. The molecule has 0 atom stereocenters. The molecule has 0 unspecified atom stereocenters. The molecule has 0 spiro atoms. The minimum atomic E-state index is -4.74. The lowest BCUT2D eigenvalue weighted by molar-refractivity contribution is -0.138. The first-order valence-electron chi connectivity index (χ1n) is 10.5. The molecule has 6 nitrogen and oxygen atoms in total. The number of aromatic hydroxyl groups is 1. The van der Waals surface area contributed by atoms with Gasteiger partial charge >= 0.3 is 6.18 Å². The summed E-state index contributed by atoms with van der Waals surface area (Å²) in [5.74, 6) is -0.983. The number of aryl methyl sites for hydroxylation is 1. The monoisotopic (exact) mass is 468 g/mol. The lowest BCUT2D eigenvalue weighted by atomic mass is 9.95. The Bertz CT molecular complexity index is 1400. The van der Waals surface area contributed by atoms with Crippen LogP contribution in [0, 0.1) is 12.3 Å². The van der Waals surface area contributed by atoms with Crippen LogP contribution in [0.1, 0.15) is 31.9 Å². The molecule has 2 aromatic carbocycles. The van der Waals surface area contributed by atoms with Gasteiger partial charge in [0.25, 0.3) is 0 Å². The highest BCUT2D eigenvalue weighted by Crippen LogP contribution is 2.41. The first-order valence-corrected chi connectivity index (χ1v) is 10.5. The van der Waals surface area contributed by atoms with E-state index in [-0.39, 0.29) is 17.2 Å². The minimum absolute atomic E-state index is 0.0433. The quantitative estimate of drug-likeness (QED) is 0.382. The molecule has 9 heteroatoms. The number of aromatic nitrogens is 3. The van der Waals surface area contributed by atoms with E-state index >= 15 is 0 Å². The van der Waals surface area contributed by atoms with Crippen LogP contribution in [0.3, 0.4) is 0 Å². The van der Waals surface area contributed by atoms with Crippen LogP contribution in [0.5, 0.6) is 5.75 Å². The molecule has 2 aromatic heterocycles. The molecule has 0 radical (unpaired) electrons. The fourth-order valence-corrected chi connectivity index (χ4v) is 3.44. The van der Waals surface area contributed by atoms with E-state index in [4.69, 9.17) is 0 Å². The normalized spacial score (nSPS) is 12.2. The van der Waals surface area contributed by atoms with Crippen LogP contribution < -0.4 is 5.32 Å². The Labute approximate surface area is 194 Å². The van der Waals surface area contributed by atoms with Crippen molar-refractivity contribution in [2.75, 3.05) is 5.32 Å². The molecule has 2 N–H and O–H groups in total. The first-order chi connectivity index (χ1) is 15.8. The average Bonchev–Trinajstić information content (AvgIpc) is 3.16. The molecule has 0 saturated carbocycles. The second-order valence-electron chi connectivity index (χ2n) is 9.08. The van der Waals surface area contributed by atoms with Crippen molar-refractivity contribution in [3.05, 3.63) is 65.9 Å². The number of alkyl halides is 3. The number of fused-ring (bicyclic) bond motifs is 1. The molecule has 0 aliphatic rings. The summed E-state index contributed by atoms with van der Waals surface area (Å²) in [5, 5.41) is 17.1. The molecular formula is C25H23F3N4O2. The SMILES string of the molecule is Cc1ccc(-c2cn3nc(-c4cccc(O)c4C(F)(F)F)ccc3n2)cc1NC(=O)C(C)(C)C. The molecule has 2 heterocycles. The van der Waals surface area contributed by atoms with Gasteiger partial charge in [-0.15, -0.1) is 0 Å². The molecule has 0 saturated heterocycles. The van der Waals surface area contributed by atoms with Crippen molar-refractivity contribution >= 4 is 17.2 Å². The Hall–Kier alpha value is -3.88. The highest BCUT2D eigenvalue weighted by Gasteiger charge is 2.37. The van der Waals surface area contributed by atoms with Gasteiger partial charge in [0.2, 0.25) is 5.91 Å². The van der Waals surface area contributed by atoms with Crippen molar-refractivity contribution in [2.24, 2.45) is 5.41 Å². The third-order valence-electron chi connectivity index (χ3n) is 5.38. The molecule has 0 aliphatic carbocycles. The van der Waals surface area contributed by atoms with Gasteiger partial charge < -0.3 is 10.4 Å². The van der Waals surface area contributed by atoms with E-state index < -0.39 is 22.9 Å². The van der Waals surface area contributed by atoms with Gasteiger partial charge in [0.05, 0.1) is 17.6 Å². The van der Waals surface area contributed by atoms with E-state index in [2.05, 4.69) is 15.4 Å². The van der Waals surface area contributed by atoms with Gasteiger partial charge in [-0.05, 0) is 36.8 Å². The van der Waals surface area contributed by atoms with Crippen molar-refractivity contribution in [1.29, 1.82) is 0 Å². The van der Waals surface area contributed by atoms with Crippen LogP contribution in [0.15, 0.2) is 54.7 Å². The lowest BCUT2D eigenvalue weighted by Crippen LogP contribution is -2.27. The summed E-state index contributed by atoms with van der Waals surface area (Å²) in [6, 6.07) is 12.1. The third kappa shape index (κ3) is 4.46. The van der Waals surface area contributed by atoms with Crippen LogP contribution in [0.2, 0.25) is 0 Å². The summed E-state index contributed by atoms with van der Waals surface area (Å²) in [7, 11) is 0. The van der Waals surface area contributed by atoms with Gasteiger partial charge in [0.1, 0.15) is 11.3 Å². The van der Waals surface area contributed by atoms with Gasteiger partial charge in [0.15, 0.2) is 5.65 Å². The maximum Gasteiger partial charge on any atom is 0.420 e. The largest absolute Gasteiger partial charge is 0.507 e. The number of hydrogen-bond donors (Lipinski definition) is 2. The number of carbonyl (C=O) groups excluding carboxylic acids is 1. The van der Waals surface area contributed by atoms with Crippen molar-refractivity contribution in [1.82, 2.24) is 14.6 Å². The number of nitrogens with zero attached hydrogens (tertiary/aromatic N) is 3. The standard InChI is InChI=1S/C25H23F3N4O2/c1-14-8-9-15(12-18(14)30-23(34)24(2,3)4)19-13-32-21(29-19)11-10-17(31-32)16-6-5-7-20(33)22(16)25(26,27)28/h5-13,33H,1-4H3,(H,30,34). The lowest BCUT2D eigenvalue weighted by Gasteiger charge is -2.19. The number of anilines is 1. The molecule has 0 fully saturated rings. The molecule has 1 amide bonds. The smallest absolute Gasteiger partial charge is 0.420 e. The molecule has 34 heavy (non-hydrogen) atoms. The predicted molar refractivity (Wildman–Crippen MR) is 123 cm³/mol. The summed E-state index contributed by atoms with van der Waals surface area (Å²) >= 11 is 0. The Morgan fingerprint density at radius 3 is 2.44 bits per heavy atom. The summed E-state index contributed by atoms with van der Waals surface area (Å²) in [6.45, 7) is 7.35. The number of phenols is 1. The molecular weight excluding hydrogens is 445 g/mol. The number of carbonyl (C=O) groups is 1. The summed E-state index contributed by atoms with van der Waals surface area (Å²) in [5.41, 5.74) is 1.35. The van der Waals surface area contributed by atoms with Crippen LogP contribution in [0.4, 0.5) is 18.9 Å². The molecule has 0 aliphatic heterocycles. The summed E-state index contributed by atoms with van der Waals surface area (Å²) in [4.78, 5) is 17.0. The zero-order valence-corrected chi connectivity index (χ0v) is 19.0. The number of imidazole rings is 1. The zero-order chi connectivity index (χ0) is 24.8. The topological polar surface area (TPSA) is 79.5 Å². The second-order valence-corrected chi connectivity index (χ2v) is 9.08. The highest BCUT2D eigenvalue weighted by atomic mass is 19.4. The van der Waals surface area contributed by atoms with Crippen LogP contribution in [0.25, 0.3) is 28.2 Å². The average molecular weight is 468 g/mol. The second kappa shape index (κ2) is 8.16. The molecule has 0 bridgehead atoms. The molecule has 4 rings (SSSR count). The fraction of sp³-hybridized carbons (Fsp3) is 0.240. The van der Waals surface area contributed by atoms with Crippen LogP contribution >= 0.6 is 0 Å². The minimum Gasteiger partial charge on any atom is -0.507 e. The number of phenolic OH excluding ortho intramolecular Hbond substituents is 1. The van der Waals surface area contributed by atoms with Gasteiger partial charge in [-0.1, -0.05) is 45.0 Å². The van der Waals surface area contributed by atoms with Gasteiger partial charge in [-0.3, -0.25) is 4.79 Å². The Kier molecular flexibility index (Phi) is 5.59. The number of amides is 1. The van der Waals surface area contributed by atoms with Crippen LogP contribution in [-0.2, 0) is 11.0 Å². The van der Waals surface area contributed by atoms with Crippen molar-refractivity contribution in [3.63, 3.8) is 0 Å². The van der Waals surface area contributed by atoms with E-state index in [1.54, 1.807) is 18.3 Å². The van der Waals surface area contributed by atoms with Gasteiger partial charge in [-0.25, -0.2) is 9.50 Å². The van der Waals surface area contributed by atoms with E-state index in [9.17, 15) is 23.1 Å². The number of rotatable bonds is 3. The summed E-state index contributed by atoms with van der Waals surface area (Å²) in [6.07, 6.45) is -3.14. The Morgan fingerprint density at radius 2 is 1.76 bits per heavy atom. The first kappa shape index (κ1) is 23.3.